The van der Waals surface area contributed by atoms with Gasteiger partial charge >= 0.3 is 0 Å². The number of phenolic OH excluding ortho intramolecular Hbond substituents is 2. The summed E-state index contributed by atoms with van der Waals surface area (Å²) < 4.78 is 0. The van der Waals surface area contributed by atoms with Crippen LogP contribution >= 0.6 is 0 Å². The van der Waals surface area contributed by atoms with E-state index in [0.29, 0.717) is 18.5 Å². The summed E-state index contributed by atoms with van der Waals surface area (Å²) in [5.41, 5.74) is 1.77. The molecule has 0 unspecified atom stereocenters. The van der Waals surface area contributed by atoms with Gasteiger partial charge in [0.25, 0.3) is 5.91 Å². The van der Waals surface area contributed by atoms with Gasteiger partial charge in [0, 0.05) is 6.54 Å². The number of nitrogens with one attached hydrogen (secondary N) is 1. The second kappa shape index (κ2) is 11.3. The van der Waals surface area contributed by atoms with Gasteiger partial charge in [0.15, 0.2) is 11.5 Å². The van der Waals surface area contributed by atoms with Crippen molar-refractivity contribution in [2.45, 2.75) is 26.7 Å². The van der Waals surface area contributed by atoms with Crippen molar-refractivity contribution in [1.29, 1.82) is 5.26 Å². The molecule has 0 bridgehead atoms. The Balaban J connectivity index is 2.66. The fourth-order valence-corrected chi connectivity index (χ4v) is 2.21. The van der Waals surface area contributed by atoms with E-state index < -0.39 is 5.91 Å². The van der Waals surface area contributed by atoms with Crippen LogP contribution in [-0.2, 0) is 4.79 Å². The Hall–Kier alpha value is -3.26. The molecule has 1 amide bonds. The van der Waals surface area contributed by atoms with Crippen molar-refractivity contribution in [3.05, 3.63) is 65.3 Å². The molecule has 0 atom stereocenters. The number of rotatable bonds is 8. The second-order valence-electron chi connectivity index (χ2n) is 5.49. The van der Waals surface area contributed by atoms with Gasteiger partial charge in [-0.25, -0.2) is 0 Å². The third-order valence-corrected chi connectivity index (χ3v) is 3.46. The lowest BCUT2D eigenvalue weighted by molar-refractivity contribution is -0.117. The molecule has 0 aromatic heterocycles. The Kier molecular flexibility index (Phi) is 9.05. The highest BCUT2D eigenvalue weighted by molar-refractivity contribution is 5.97. The van der Waals surface area contributed by atoms with Crippen molar-refractivity contribution < 1.29 is 15.0 Å². The topological polar surface area (TPSA) is 93.4 Å². The largest absolute Gasteiger partial charge is 0.504 e. The van der Waals surface area contributed by atoms with Crippen LogP contribution < -0.4 is 5.32 Å². The molecule has 0 saturated carbocycles. The standard InChI is InChI=1S/C21H24N2O3/c1-3-6-16(7-4-2)12-13-23-21(26)18(15-22)9-5-8-17-10-11-19(24)20(25)14-17/h3,5-11,14,24-25H,4,12-13H2,1-2H3,(H,23,26)/b6-3-,8-5+,16-7+,18-9+. The van der Waals surface area contributed by atoms with Crippen molar-refractivity contribution in [2.75, 3.05) is 6.54 Å². The smallest absolute Gasteiger partial charge is 0.261 e. The summed E-state index contributed by atoms with van der Waals surface area (Å²) in [7, 11) is 0. The lowest BCUT2D eigenvalue weighted by Crippen LogP contribution is -2.25. The number of phenols is 2. The Labute approximate surface area is 154 Å². The Morgan fingerprint density at radius 1 is 1.31 bits per heavy atom. The Morgan fingerprint density at radius 2 is 2.08 bits per heavy atom. The number of amides is 1. The molecular formula is C21H24N2O3. The molecule has 0 aliphatic carbocycles. The molecule has 0 saturated heterocycles. The van der Waals surface area contributed by atoms with Crippen LogP contribution in [-0.4, -0.2) is 22.7 Å². The van der Waals surface area contributed by atoms with Crippen LogP contribution in [0.2, 0.25) is 0 Å². The molecule has 5 nitrogen and oxygen atoms in total. The molecule has 0 spiro atoms. The molecular weight excluding hydrogens is 328 g/mol. The monoisotopic (exact) mass is 352 g/mol. The Bertz CT molecular complexity index is 781. The third-order valence-electron chi connectivity index (χ3n) is 3.46. The molecule has 0 heterocycles. The molecule has 0 fully saturated rings. The molecule has 1 aromatic rings. The highest BCUT2D eigenvalue weighted by Crippen LogP contribution is 2.25. The number of nitriles is 1. The first kappa shape index (κ1) is 20.8. The van der Waals surface area contributed by atoms with Gasteiger partial charge in [-0.3, -0.25) is 4.79 Å². The maximum Gasteiger partial charge on any atom is 0.261 e. The molecule has 3 N–H and O–H groups in total. The van der Waals surface area contributed by atoms with E-state index in [1.54, 1.807) is 18.2 Å². The van der Waals surface area contributed by atoms with Crippen LogP contribution in [0.15, 0.2) is 59.7 Å². The van der Waals surface area contributed by atoms with Crippen LogP contribution in [0.3, 0.4) is 0 Å². The van der Waals surface area contributed by atoms with E-state index in [0.717, 1.165) is 12.0 Å². The predicted octanol–water partition coefficient (Wildman–Crippen LogP) is 3.98. The van der Waals surface area contributed by atoms with Crippen LogP contribution in [0, 0.1) is 11.3 Å². The average Bonchev–Trinajstić information content (AvgIpc) is 2.62. The first-order chi connectivity index (χ1) is 12.5. The second-order valence-corrected chi connectivity index (χ2v) is 5.49. The molecule has 1 rings (SSSR count). The Morgan fingerprint density at radius 3 is 2.69 bits per heavy atom. The minimum absolute atomic E-state index is 0.00342. The van der Waals surface area contributed by atoms with Gasteiger partial charge in [-0.1, -0.05) is 48.9 Å². The summed E-state index contributed by atoms with van der Waals surface area (Å²) >= 11 is 0. The van der Waals surface area contributed by atoms with E-state index in [1.807, 2.05) is 25.1 Å². The number of hydrogen-bond acceptors (Lipinski definition) is 4. The van der Waals surface area contributed by atoms with Crippen LogP contribution in [0.25, 0.3) is 6.08 Å². The first-order valence-corrected chi connectivity index (χ1v) is 8.42. The predicted molar refractivity (Wildman–Crippen MR) is 103 cm³/mol. The van der Waals surface area contributed by atoms with Crippen molar-refractivity contribution in [3.8, 4) is 17.6 Å². The number of nitrogens with zero attached hydrogens (tertiary/aromatic N) is 1. The van der Waals surface area contributed by atoms with E-state index >= 15 is 0 Å². The van der Waals surface area contributed by atoms with Crippen molar-refractivity contribution >= 4 is 12.0 Å². The zero-order chi connectivity index (χ0) is 19.4. The number of aromatic hydroxyl groups is 2. The molecule has 5 heteroatoms. The SMILES string of the molecule is C/C=C\C(=C/CC)CCNC(=O)/C(C#N)=C/C=C/c1ccc(O)c(O)c1. The summed E-state index contributed by atoms with van der Waals surface area (Å²) in [6.45, 7) is 4.45. The summed E-state index contributed by atoms with van der Waals surface area (Å²) in [4.78, 5) is 12.1. The highest BCUT2D eigenvalue weighted by atomic mass is 16.3. The van der Waals surface area contributed by atoms with Gasteiger partial charge in [0.1, 0.15) is 11.6 Å². The molecule has 0 radical (unpaired) electrons. The normalized spacial score (nSPS) is 12.5. The summed E-state index contributed by atoms with van der Waals surface area (Å²) in [6.07, 6.45) is 12.3. The van der Waals surface area contributed by atoms with Crippen LogP contribution in [0.1, 0.15) is 32.3 Å². The number of carbonyl (C=O) groups is 1. The minimum atomic E-state index is -0.429. The van der Waals surface area contributed by atoms with Gasteiger partial charge in [0.2, 0.25) is 0 Å². The zero-order valence-electron chi connectivity index (χ0n) is 15.1. The van der Waals surface area contributed by atoms with Crippen molar-refractivity contribution in [1.82, 2.24) is 5.32 Å². The lowest BCUT2D eigenvalue weighted by atomic mass is 10.1. The third kappa shape index (κ3) is 7.10. The van der Waals surface area contributed by atoms with Crippen LogP contribution in [0.4, 0.5) is 0 Å². The molecule has 136 valence electrons. The molecule has 0 aliphatic heterocycles. The fraction of sp³-hybridized carbons (Fsp3) is 0.238. The average molecular weight is 352 g/mol. The van der Waals surface area contributed by atoms with Crippen LogP contribution in [0.5, 0.6) is 11.5 Å². The minimum Gasteiger partial charge on any atom is -0.504 e. The van der Waals surface area contributed by atoms with Gasteiger partial charge in [-0.05, 0) is 43.5 Å². The van der Waals surface area contributed by atoms with E-state index in [4.69, 9.17) is 5.26 Å². The lowest BCUT2D eigenvalue weighted by Gasteiger charge is -2.05. The summed E-state index contributed by atoms with van der Waals surface area (Å²) in [6, 6.07) is 6.23. The van der Waals surface area contributed by atoms with E-state index in [1.165, 1.54) is 18.2 Å². The number of benzene rings is 1. The molecule has 0 aliphatic rings. The van der Waals surface area contributed by atoms with Gasteiger partial charge in [-0.15, -0.1) is 0 Å². The van der Waals surface area contributed by atoms with E-state index in [9.17, 15) is 15.0 Å². The number of allylic oxidation sites excluding steroid dienone is 5. The quantitative estimate of drug-likeness (QED) is 0.285. The first-order valence-electron chi connectivity index (χ1n) is 8.42. The summed E-state index contributed by atoms with van der Waals surface area (Å²) in [5.74, 6) is -0.863. The van der Waals surface area contributed by atoms with Crippen molar-refractivity contribution in [2.24, 2.45) is 0 Å². The highest BCUT2D eigenvalue weighted by Gasteiger charge is 2.07. The van der Waals surface area contributed by atoms with Gasteiger partial charge in [0.05, 0.1) is 0 Å². The summed E-state index contributed by atoms with van der Waals surface area (Å²) in [5, 5.41) is 30.6. The molecule has 1 aromatic carbocycles. The maximum atomic E-state index is 12.1. The number of carbonyl (C=O) groups excluding carboxylic acids is 1. The molecule has 26 heavy (non-hydrogen) atoms. The van der Waals surface area contributed by atoms with Gasteiger partial charge in [-0.2, -0.15) is 5.26 Å². The number of hydrogen-bond donors (Lipinski definition) is 3. The van der Waals surface area contributed by atoms with Gasteiger partial charge < -0.3 is 15.5 Å². The van der Waals surface area contributed by atoms with E-state index in [2.05, 4.69) is 18.3 Å². The fourth-order valence-electron chi connectivity index (χ4n) is 2.21. The zero-order valence-corrected chi connectivity index (χ0v) is 15.1. The van der Waals surface area contributed by atoms with E-state index in [-0.39, 0.29) is 17.1 Å². The maximum absolute atomic E-state index is 12.1. The van der Waals surface area contributed by atoms with Crippen molar-refractivity contribution in [3.63, 3.8) is 0 Å².